The minimum absolute atomic E-state index is 0.00762. The first-order valence-corrected chi connectivity index (χ1v) is 11.1. The second kappa shape index (κ2) is 8.65. The van der Waals surface area contributed by atoms with E-state index in [4.69, 9.17) is 23.2 Å². The van der Waals surface area contributed by atoms with Crippen LogP contribution < -0.4 is 5.32 Å². The summed E-state index contributed by atoms with van der Waals surface area (Å²) in [5.74, 6) is -2.00. The fourth-order valence-corrected chi connectivity index (χ4v) is 3.82. The second-order valence-corrected chi connectivity index (χ2v) is 8.79. The van der Waals surface area contributed by atoms with Gasteiger partial charge in [-0.05, 0) is 24.3 Å². The Morgan fingerprint density at radius 3 is 2.35 bits per heavy atom. The number of anilines is 1. The summed E-state index contributed by atoms with van der Waals surface area (Å²) in [4.78, 5) is 16.3. The van der Waals surface area contributed by atoms with Crippen molar-refractivity contribution in [3.63, 3.8) is 0 Å². The van der Waals surface area contributed by atoms with Crippen molar-refractivity contribution in [2.45, 2.75) is 12.7 Å². The molecule has 0 saturated heterocycles. The van der Waals surface area contributed by atoms with Crippen molar-refractivity contribution in [1.82, 2.24) is 9.55 Å². The first kappa shape index (κ1) is 23.3. The van der Waals surface area contributed by atoms with Crippen molar-refractivity contribution in [3.8, 4) is 0 Å². The third-order valence-electron chi connectivity index (χ3n) is 4.08. The Labute approximate surface area is 184 Å². The van der Waals surface area contributed by atoms with E-state index in [2.05, 4.69) is 14.5 Å². The van der Waals surface area contributed by atoms with Crippen LogP contribution in [-0.4, -0.2) is 36.7 Å². The molecule has 7 nitrogen and oxygen atoms in total. The number of amides is 1. The van der Waals surface area contributed by atoms with Crippen LogP contribution in [0.3, 0.4) is 0 Å². The van der Waals surface area contributed by atoms with Gasteiger partial charge in [-0.15, -0.1) is 0 Å². The van der Waals surface area contributed by atoms with Gasteiger partial charge in [-0.2, -0.15) is 21.6 Å². The van der Waals surface area contributed by atoms with Crippen molar-refractivity contribution in [3.05, 3.63) is 57.8 Å². The van der Waals surface area contributed by atoms with Gasteiger partial charge in [0.05, 0.1) is 39.7 Å². The molecule has 0 aliphatic carbocycles. The standard InChI is InChI=1S/C18H14Cl2F3N3O4S/c1-31(28,29)30-9-8-26-13-7-3-6-12(15(13)25-17(26)18(21,22)23)24-16(27)14-10(19)4-2-5-11(14)20/h2-7H,8-9H2,1H3,(H,24,27). The number of para-hydroxylation sites is 1. The van der Waals surface area contributed by atoms with Gasteiger partial charge in [-0.3, -0.25) is 8.98 Å². The number of carbonyl (C=O) groups excluding carboxylic acids is 1. The van der Waals surface area contributed by atoms with E-state index >= 15 is 0 Å². The molecule has 0 unspecified atom stereocenters. The molecule has 166 valence electrons. The van der Waals surface area contributed by atoms with Gasteiger partial charge in [0.2, 0.25) is 5.82 Å². The first-order valence-electron chi connectivity index (χ1n) is 8.54. The van der Waals surface area contributed by atoms with E-state index in [0.717, 1.165) is 10.8 Å². The van der Waals surface area contributed by atoms with Crippen molar-refractivity contribution >= 4 is 55.9 Å². The fraction of sp³-hybridized carbons (Fsp3) is 0.222. The molecule has 0 aliphatic rings. The fourth-order valence-electron chi connectivity index (χ4n) is 2.87. The summed E-state index contributed by atoms with van der Waals surface area (Å²) in [6, 6.07) is 8.58. The number of fused-ring (bicyclic) bond motifs is 1. The molecule has 3 rings (SSSR count). The Balaban J connectivity index is 2.03. The molecule has 2 aromatic carbocycles. The van der Waals surface area contributed by atoms with Crippen LogP contribution in [0.4, 0.5) is 18.9 Å². The Morgan fingerprint density at radius 2 is 1.77 bits per heavy atom. The number of halogens is 5. The normalized spacial score (nSPS) is 12.3. The quantitative estimate of drug-likeness (QED) is 0.505. The number of imidazole rings is 1. The molecule has 1 heterocycles. The number of hydrogen-bond acceptors (Lipinski definition) is 5. The zero-order valence-electron chi connectivity index (χ0n) is 15.7. The molecular formula is C18H14Cl2F3N3O4S. The molecule has 0 spiro atoms. The van der Waals surface area contributed by atoms with Crippen molar-refractivity contribution in [2.24, 2.45) is 0 Å². The van der Waals surface area contributed by atoms with Crippen LogP contribution in [0.2, 0.25) is 10.0 Å². The molecule has 1 amide bonds. The van der Waals surface area contributed by atoms with Gasteiger partial charge in [0.25, 0.3) is 16.0 Å². The maximum Gasteiger partial charge on any atom is 0.449 e. The molecule has 0 radical (unpaired) electrons. The van der Waals surface area contributed by atoms with Gasteiger partial charge in [0.1, 0.15) is 5.52 Å². The molecular weight excluding hydrogens is 482 g/mol. The lowest BCUT2D eigenvalue weighted by Crippen LogP contribution is -2.18. The summed E-state index contributed by atoms with van der Waals surface area (Å²) >= 11 is 12.0. The topological polar surface area (TPSA) is 90.3 Å². The third kappa shape index (κ3) is 5.29. The molecule has 0 saturated carbocycles. The number of aromatic nitrogens is 2. The van der Waals surface area contributed by atoms with E-state index in [1.807, 2.05) is 0 Å². The predicted molar refractivity (Wildman–Crippen MR) is 110 cm³/mol. The number of rotatable bonds is 6. The van der Waals surface area contributed by atoms with Gasteiger partial charge in [-0.25, -0.2) is 4.98 Å². The Kier molecular flexibility index (Phi) is 6.51. The monoisotopic (exact) mass is 495 g/mol. The van der Waals surface area contributed by atoms with E-state index in [0.29, 0.717) is 0 Å². The van der Waals surface area contributed by atoms with Gasteiger partial charge in [0, 0.05) is 6.54 Å². The SMILES string of the molecule is CS(=O)(=O)OCCn1c(C(F)(F)F)nc2c(NC(=O)c3c(Cl)cccc3Cl)cccc21. The van der Waals surface area contributed by atoms with Crippen LogP contribution in [0.25, 0.3) is 11.0 Å². The summed E-state index contributed by atoms with van der Waals surface area (Å²) in [7, 11) is -3.84. The number of nitrogens with one attached hydrogen (secondary N) is 1. The van der Waals surface area contributed by atoms with Gasteiger partial charge < -0.3 is 9.88 Å². The number of nitrogens with zero attached hydrogens (tertiary/aromatic N) is 2. The van der Waals surface area contributed by atoms with Gasteiger partial charge in [-0.1, -0.05) is 35.3 Å². The van der Waals surface area contributed by atoms with E-state index in [1.165, 1.54) is 36.4 Å². The molecule has 13 heteroatoms. The molecule has 31 heavy (non-hydrogen) atoms. The number of carbonyl (C=O) groups is 1. The van der Waals surface area contributed by atoms with Crippen LogP contribution in [0.1, 0.15) is 16.2 Å². The summed E-state index contributed by atoms with van der Waals surface area (Å²) < 4.78 is 68.2. The lowest BCUT2D eigenvalue weighted by Gasteiger charge is -2.11. The summed E-state index contributed by atoms with van der Waals surface area (Å²) in [6.45, 7) is -0.967. The largest absolute Gasteiger partial charge is 0.449 e. The number of benzene rings is 2. The minimum Gasteiger partial charge on any atom is -0.320 e. The zero-order chi connectivity index (χ0) is 23.0. The molecule has 1 N–H and O–H groups in total. The summed E-state index contributed by atoms with van der Waals surface area (Å²) in [5.41, 5.74) is -0.176. The Hall–Kier alpha value is -2.34. The van der Waals surface area contributed by atoms with Crippen LogP contribution in [0, 0.1) is 0 Å². The highest BCUT2D eigenvalue weighted by atomic mass is 35.5. The Bertz CT molecular complexity index is 1240. The first-order chi connectivity index (χ1) is 14.4. The Morgan fingerprint density at radius 1 is 1.16 bits per heavy atom. The van der Waals surface area contributed by atoms with Crippen molar-refractivity contribution < 1.29 is 30.6 Å². The lowest BCUT2D eigenvalue weighted by atomic mass is 10.2. The molecule has 3 aromatic rings. The summed E-state index contributed by atoms with van der Waals surface area (Å²) in [6.07, 6.45) is -4.05. The van der Waals surface area contributed by atoms with Gasteiger partial charge in [0.15, 0.2) is 0 Å². The minimum atomic E-state index is -4.84. The molecule has 0 fully saturated rings. The highest BCUT2D eigenvalue weighted by Crippen LogP contribution is 2.34. The van der Waals surface area contributed by atoms with Gasteiger partial charge >= 0.3 is 6.18 Å². The van der Waals surface area contributed by atoms with E-state index < -0.39 is 41.2 Å². The van der Waals surface area contributed by atoms with Crippen LogP contribution in [-0.2, 0) is 27.0 Å². The van der Waals surface area contributed by atoms with Crippen LogP contribution in [0.5, 0.6) is 0 Å². The number of hydrogen-bond donors (Lipinski definition) is 1. The average molecular weight is 496 g/mol. The van der Waals surface area contributed by atoms with Crippen molar-refractivity contribution in [1.29, 1.82) is 0 Å². The van der Waals surface area contributed by atoms with Crippen molar-refractivity contribution in [2.75, 3.05) is 18.2 Å². The molecule has 0 atom stereocenters. The third-order valence-corrected chi connectivity index (χ3v) is 5.31. The number of alkyl halides is 3. The predicted octanol–water partition coefficient (Wildman–Crippen LogP) is 4.59. The smallest absolute Gasteiger partial charge is 0.320 e. The lowest BCUT2D eigenvalue weighted by molar-refractivity contribution is -0.147. The maximum absolute atomic E-state index is 13.5. The average Bonchev–Trinajstić information content (AvgIpc) is 3.01. The molecule has 1 aromatic heterocycles. The second-order valence-electron chi connectivity index (χ2n) is 6.33. The van der Waals surface area contributed by atoms with E-state index in [-0.39, 0.29) is 32.3 Å². The zero-order valence-corrected chi connectivity index (χ0v) is 18.0. The molecule has 0 bridgehead atoms. The molecule has 0 aliphatic heterocycles. The summed E-state index contributed by atoms with van der Waals surface area (Å²) in [5, 5.41) is 2.61. The maximum atomic E-state index is 13.5. The van der Waals surface area contributed by atoms with Crippen LogP contribution in [0.15, 0.2) is 36.4 Å². The van der Waals surface area contributed by atoms with E-state index in [1.54, 1.807) is 0 Å². The highest BCUT2D eigenvalue weighted by molar-refractivity contribution is 7.85. The van der Waals surface area contributed by atoms with Crippen LogP contribution >= 0.6 is 23.2 Å². The highest BCUT2D eigenvalue weighted by Gasteiger charge is 2.38. The van der Waals surface area contributed by atoms with E-state index in [9.17, 15) is 26.4 Å².